The number of piperazine rings is 1. The minimum absolute atomic E-state index is 0.0839. The minimum Gasteiger partial charge on any atom is -0.367 e. The summed E-state index contributed by atoms with van der Waals surface area (Å²) in [4.78, 5) is 34.4. The molecule has 0 radical (unpaired) electrons. The van der Waals surface area contributed by atoms with Gasteiger partial charge in [-0.1, -0.05) is 35.5 Å². The Hall–Kier alpha value is -3.79. The molecule has 35 heavy (non-hydrogen) atoms. The molecule has 1 aromatic heterocycles. The number of anilines is 1. The molecule has 1 aliphatic heterocycles. The molecular formula is C25H29FN6O3. The van der Waals surface area contributed by atoms with Crippen molar-refractivity contribution < 1.29 is 18.5 Å². The summed E-state index contributed by atoms with van der Waals surface area (Å²) < 4.78 is 19.8. The van der Waals surface area contributed by atoms with Gasteiger partial charge in [0.15, 0.2) is 0 Å². The van der Waals surface area contributed by atoms with Gasteiger partial charge in [0.2, 0.25) is 11.7 Å². The van der Waals surface area contributed by atoms with Crippen LogP contribution in [0, 0.1) is 5.82 Å². The third-order valence-electron chi connectivity index (χ3n) is 6.29. The first-order valence-electron chi connectivity index (χ1n) is 11.7. The van der Waals surface area contributed by atoms with E-state index in [-0.39, 0.29) is 23.7 Å². The van der Waals surface area contributed by atoms with E-state index < -0.39 is 11.7 Å². The Kier molecular flexibility index (Phi) is 7.40. The molecule has 1 aliphatic rings. The highest BCUT2D eigenvalue weighted by atomic mass is 19.1. The third-order valence-corrected chi connectivity index (χ3v) is 6.29. The minimum atomic E-state index is -0.841. The van der Waals surface area contributed by atoms with Crippen LogP contribution < -0.4 is 10.6 Å². The zero-order valence-corrected chi connectivity index (χ0v) is 19.9. The van der Waals surface area contributed by atoms with Gasteiger partial charge >= 0.3 is 11.8 Å². The highest BCUT2D eigenvalue weighted by Gasteiger charge is 2.33. The fourth-order valence-electron chi connectivity index (χ4n) is 4.42. The molecule has 1 unspecified atom stereocenters. The Morgan fingerprint density at radius 2 is 1.77 bits per heavy atom. The van der Waals surface area contributed by atoms with Gasteiger partial charge in [0.25, 0.3) is 0 Å². The highest BCUT2D eigenvalue weighted by molar-refractivity contribution is 5.88. The lowest BCUT2D eigenvalue weighted by Gasteiger charge is -2.41. The molecule has 2 heterocycles. The van der Waals surface area contributed by atoms with E-state index in [0.29, 0.717) is 50.5 Å². The zero-order valence-electron chi connectivity index (χ0n) is 19.9. The summed E-state index contributed by atoms with van der Waals surface area (Å²) in [5, 5.41) is 3.68. The molecule has 1 atom stereocenters. The first-order chi connectivity index (χ1) is 16.9. The van der Waals surface area contributed by atoms with Crippen molar-refractivity contribution >= 4 is 17.5 Å². The number of likely N-dealkylation sites (N-methyl/N-ethyl adjacent to an activating group) is 1. The summed E-state index contributed by atoms with van der Waals surface area (Å²) in [6, 6.07) is 14.1. The summed E-state index contributed by atoms with van der Waals surface area (Å²) >= 11 is 0. The number of nitrogens with two attached hydrogens (primary N) is 1. The van der Waals surface area contributed by atoms with Crippen LogP contribution in [0.2, 0.25) is 0 Å². The summed E-state index contributed by atoms with van der Waals surface area (Å²) in [5.74, 6) is -1.42. The summed E-state index contributed by atoms with van der Waals surface area (Å²) in [5.41, 5.74) is 6.94. The van der Waals surface area contributed by atoms with Crippen LogP contribution >= 0.6 is 0 Å². The van der Waals surface area contributed by atoms with Crippen molar-refractivity contribution in [2.24, 2.45) is 5.73 Å². The van der Waals surface area contributed by atoms with E-state index in [4.69, 9.17) is 10.3 Å². The zero-order chi connectivity index (χ0) is 24.9. The van der Waals surface area contributed by atoms with Crippen LogP contribution in [0.25, 0.3) is 11.4 Å². The number of rotatable bonds is 8. The van der Waals surface area contributed by atoms with Crippen LogP contribution in [0.5, 0.6) is 0 Å². The number of amides is 2. The second kappa shape index (κ2) is 10.6. The molecule has 10 heteroatoms. The Labute approximate surface area is 203 Å². The maximum Gasteiger partial charge on any atom is 0.316 e. The average molecular weight is 481 g/mol. The van der Waals surface area contributed by atoms with E-state index in [1.165, 1.54) is 6.07 Å². The number of carbonyl (C=O) groups excluding carboxylic acids is 2. The molecule has 4 rings (SSSR count). The number of benzene rings is 2. The second-order valence-corrected chi connectivity index (χ2v) is 8.30. The predicted molar refractivity (Wildman–Crippen MR) is 129 cm³/mol. The molecule has 0 saturated carbocycles. The van der Waals surface area contributed by atoms with Gasteiger partial charge in [-0.3, -0.25) is 14.5 Å². The maximum absolute atomic E-state index is 15.0. The predicted octanol–water partition coefficient (Wildman–Crippen LogP) is 2.71. The summed E-state index contributed by atoms with van der Waals surface area (Å²) in [7, 11) is 0. The number of hydrogen-bond acceptors (Lipinski definition) is 7. The van der Waals surface area contributed by atoms with Crippen molar-refractivity contribution in [1.29, 1.82) is 0 Å². The molecule has 2 amide bonds. The van der Waals surface area contributed by atoms with Crippen LogP contribution in [0.1, 0.15) is 36.1 Å². The SMILES string of the molecule is CCN(CC)C(=O)C(c1ccccc1)N1CCN(c2ccc(-c3noc(C(N)=O)n3)cc2F)CC1. The first kappa shape index (κ1) is 24.3. The van der Waals surface area contributed by atoms with E-state index in [1.54, 1.807) is 12.1 Å². The van der Waals surface area contributed by atoms with Gasteiger partial charge in [-0.2, -0.15) is 4.98 Å². The largest absolute Gasteiger partial charge is 0.367 e. The van der Waals surface area contributed by atoms with Crippen LogP contribution in [-0.4, -0.2) is 71.0 Å². The summed E-state index contributed by atoms with van der Waals surface area (Å²) in [6.07, 6.45) is 0. The Bertz CT molecular complexity index is 1170. The number of primary amides is 1. The molecule has 3 aromatic rings. The highest BCUT2D eigenvalue weighted by Crippen LogP contribution is 2.29. The van der Waals surface area contributed by atoms with Gasteiger partial charge in [0.05, 0.1) is 5.69 Å². The molecule has 0 spiro atoms. The third kappa shape index (κ3) is 5.17. The van der Waals surface area contributed by atoms with E-state index in [1.807, 2.05) is 54.0 Å². The van der Waals surface area contributed by atoms with Crippen molar-refractivity contribution in [3.8, 4) is 11.4 Å². The van der Waals surface area contributed by atoms with Crippen LogP contribution in [0.15, 0.2) is 53.1 Å². The van der Waals surface area contributed by atoms with Crippen LogP contribution in [-0.2, 0) is 4.79 Å². The van der Waals surface area contributed by atoms with Crippen molar-refractivity contribution in [2.75, 3.05) is 44.2 Å². The smallest absolute Gasteiger partial charge is 0.316 e. The van der Waals surface area contributed by atoms with E-state index in [9.17, 15) is 9.59 Å². The standard InChI is InChI=1S/C25H29FN6O3/c1-3-30(4-2)25(34)21(17-8-6-5-7-9-17)32-14-12-31(13-15-32)20-11-10-18(16-19(20)26)23-28-24(22(27)33)35-29-23/h5-11,16,21H,3-4,12-15H2,1-2H3,(H2,27,33). The van der Waals surface area contributed by atoms with Gasteiger partial charge < -0.3 is 20.1 Å². The molecule has 1 fully saturated rings. The average Bonchev–Trinajstić information content (AvgIpc) is 3.37. The quantitative estimate of drug-likeness (QED) is 0.528. The molecule has 0 aliphatic carbocycles. The van der Waals surface area contributed by atoms with Gasteiger partial charge in [0.1, 0.15) is 11.9 Å². The Balaban J connectivity index is 1.49. The van der Waals surface area contributed by atoms with E-state index in [0.717, 1.165) is 5.56 Å². The molecule has 1 saturated heterocycles. The maximum atomic E-state index is 15.0. The number of carbonyl (C=O) groups is 2. The number of hydrogen-bond donors (Lipinski definition) is 1. The molecule has 0 bridgehead atoms. The van der Waals surface area contributed by atoms with Gasteiger partial charge in [-0.25, -0.2) is 4.39 Å². The monoisotopic (exact) mass is 480 g/mol. The first-order valence-corrected chi connectivity index (χ1v) is 11.7. The lowest BCUT2D eigenvalue weighted by molar-refractivity contribution is -0.137. The van der Waals surface area contributed by atoms with Crippen LogP contribution in [0.3, 0.4) is 0 Å². The normalized spacial score (nSPS) is 15.1. The van der Waals surface area contributed by atoms with E-state index in [2.05, 4.69) is 15.0 Å². The van der Waals surface area contributed by atoms with Gasteiger partial charge in [-0.05, 0) is 37.6 Å². The van der Waals surface area contributed by atoms with Crippen molar-refractivity contribution in [3.63, 3.8) is 0 Å². The van der Waals surface area contributed by atoms with Crippen molar-refractivity contribution in [2.45, 2.75) is 19.9 Å². The number of aromatic nitrogens is 2. The van der Waals surface area contributed by atoms with Crippen LogP contribution in [0.4, 0.5) is 10.1 Å². The molecular weight excluding hydrogens is 451 g/mol. The number of halogens is 1. The van der Waals surface area contributed by atoms with Gasteiger partial charge in [-0.15, -0.1) is 0 Å². The lowest BCUT2D eigenvalue weighted by Crippen LogP contribution is -2.51. The Morgan fingerprint density at radius 1 is 1.09 bits per heavy atom. The summed E-state index contributed by atoms with van der Waals surface area (Å²) in [6.45, 7) is 7.63. The lowest BCUT2D eigenvalue weighted by atomic mass is 10.0. The Morgan fingerprint density at radius 3 is 2.34 bits per heavy atom. The molecule has 2 aromatic carbocycles. The van der Waals surface area contributed by atoms with Crippen molar-refractivity contribution in [3.05, 3.63) is 65.8 Å². The van der Waals surface area contributed by atoms with Crippen molar-refractivity contribution in [1.82, 2.24) is 19.9 Å². The number of nitrogens with zero attached hydrogens (tertiary/aromatic N) is 5. The second-order valence-electron chi connectivity index (χ2n) is 8.30. The molecule has 2 N–H and O–H groups in total. The fraction of sp³-hybridized carbons (Fsp3) is 0.360. The topological polar surface area (TPSA) is 109 Å². The molecule has 184 valence electrons. The molecule has 9 nitrogen and oxygen atoms in total. The fourth-order valence-corrected chi connectivity index (χ4v) is 4.42. The van der Waals surface area contributed by atoms with E-state index >= 15 is 4.39 Å². The van der Waals surface area contributed by atoms with Gasteiger partial charge in [0, 0.05) is 44.8 Å².